The summed E-state index contributed by atoms with van der Waals surface area (Å²) in [7, 11) is 0. The molecule has 1 aromatic rings. The average Bonchev–Trinajstić information content (AvgIpc) is 2.38. The van der Waals surface area contributed by atoms with Gasteiger partial charge in [-0.15, -0.1) is 0 Å². The smallest absolute Gasteiger partial charge is 0.334 e. The zero-order valence-corrected chi connectivity index (χ0v) is 11.2. The van der Waals surface area contributed by atoms with Gasteiger partial charge in [0.05, 0.1) is 18.1 Å². The maximum Gasteiger partial charge on any atom is 0.334 e. The van der Waals surface area contributed by atoms with Crippen molar-refractivity contribution in [2.45, 2.75) is 6.10 Å². The van der Waals surface area contributed by atoms with E-state index in [0.29, 0.717) is 11.0 Å². The van der Waals surface area contributed by atoms with E-state index in [2.05, 4.69) is 20.9 Å². The van der Waals surface area contributed by atoms with Crippen LogP contribution in [0, 0.1) is 10.1 Å². The monoisotopic (exact) mass is 331 g/mol. The summed E-state index contributed by atoms with van der Waals surface area (Å²) in [5.74, 6) is -0.938. The van der Waals surface area contributed by atoms with Crippen LogP contribution >= 0.6 is 15.9 Å². The first-order valence-corrected chi connectivity index (χ1v) is 6.17. The van der Waals surface area contributed by atoms with Crippen molar-refractivity contribution in [3.05, 3.63) is 26.9 Å². The topological polar surface area (TPSA) is 106 Å². The second kappa shape index (κ2) is 5.49. The number of pyridine rings is 1. The molecule has 9 heteroatoms. The van der Waals surface area contributed by atoms with Gasteiger partial charge in [0.1, 0.15) is 0 Å². The first kappa shape index (κ1) is 13.7. The van der Waals surface area contributed by atoms with Crippen LogP contribution in [-0.4, -0.2) is 46.8 Å². The molecule has 1 aromatic heterocycles. The highest BCUT2D eigenvalue weighted by Crippen LogP contribution is 2.29. The molecule has 0 bridgehead atoms. The first-order valence-electron chi connectivity index (χ1n) is 5.38. The minimum Gasteiger partial charge on any atom is -0.479 e. The molecule has 0 aromatic carbocycles. The van der Waals surface area contributed by atoms with Crippen molar-refractivity contribution in [1.82, 2.24) is 4.98 Å². The number of nitrogens with zero attached hydrogens (tertiary/aromatic N) is 3. The zero-order valence-electron chi connectivity index (χ0n) is 9.65. The molecule has 1 saturated heterocycles. The van der Waals surface area contributed by atoms with E-state index in [4.69, 9.17) is 9.84 Å². The van der Waals surface area contributed by atoms with Crippen molar-refractivity contribution in [2.24, 2.45) is 0 Å². The number of aromatic nitrogens is 1. The molecule has 0 aliphatic carbocycles. The van der Waals surface area contributed by atoms with Crippen molar-refractivity contribution in [3.8, 4) is 0 Å². The SMILES string of the molecule is O=C(O)C1CN(c2ncc(Br)cc2[N+](=O)[O-])CCO1. The van der Waals surface area contributed by atoms with E-state index in [9.17, 15) is 14.9 Å². The summed E-state index contributed by atoms with van der Waals surface area (Å²) in [6.07, 6.45) is 0.437. The number of anilines is 1. The number of halogens is 1. The van der Waals surface area contributed by atoms with Gasteiger partial charge in [0.15, 0.2) is 6.10 Å². The van der Waals surface area contributed by atoms with Crippen LogP contribution < -0.4 is 4.90 Å². The standard InChI is InChI=1S/C10H10BrN3O5/c11-6-3-7(14(17)18)9(12-4-6)13-1-2-19-8(5-13)10(15)16/h3-4,8H,1-2,5H2,(H,15,16). The Morgan fingerprint density at radius 2 is 2.42 bits per heavy atom. The van der Waals surface area contributed by atoms with Gasteiger partial charge in [-0.3, -0.25) is 10.1 Å². The molecule has 1 aliphatic rings. The van der Waals surface area contributed by atoms with Gasteiger partial charge in [-0.25, -0.2) is 9.78 Å². The Morgan fingerprint density at radius 1 is 1.68 bits per heavy atom. The van der Waals surface area contributed by atoms with E-state index in [1.165, 1.54) is 12.3 Å². The van der Waals surface area contributed by atoms with E-state index in [1.54, 1.807) is 4.90 Å². The average molecular weight is 332 g/mol. The van der Waals surface area contributed by atoms with Crippen molar-refractivity contribution in [3.63, 3.8) is 0 Å². The van der Waals surface area contributed by atoms with E-state index in [1.807, 2.05) is 0 Å². The number of carboxylic acid groups (broad SMARTS) is 1. The van der Waals surface area contributed by atoms with Crippen molar-refractivity contribution < 1.29 is 19.6 Å². The molecular weight excluding hydrogens is 322 g/mol. The zero-order chi connectivity index (χ0) is 14.0. The summed E-state index contributed by atoms with van der Waals surface area (Å²) >= 11 is 3.12. The van der Waals surface area contributed by atoms with Crippen LogP contribution in [0.2, 0.25) is 0 Å². The third-order valence-corrected chi connectivity index (χ3v) is 3.09. The number of carboxylic acids is 1. The lowest BCUT2D eigenvalue weighted by atomic mass is 10.2. The van der Waals surface area contributed by atoms with Gasteiger partial charge in [-0.05, 0) is 15.9 Å². The number of ether oxygens (including phenoxy) is 1. The Bertz CT molecular complexity index is 524. The maximum atomic E-state index is 11.0. The molecule has 1 atom stereocenters. The minimum absolute atomic E-state index is 0.0325. The fraction of sp³-hybridized carbons (Fsp3) is 0.400. The minimum atomic E-state index is -1.09. The molecule has 0 amide bonds. The van der Waals surface area contributed by atoms with Gasteiger partial charge in [-0.2, -0.15) is 0 Å². The molecule has 102 valence electrons. The van der Waals surface area contributed by atoms with Crippen LogP contribution in [0.4, 0.5) is 11.5 Å². The fourth-order valence-electron chi connectivity index (χ4n) is 1.79. The predicted octanol–water partition coefficient (Wildman–Crippen LogP) is 1.04. The van der Waals surface area contributed by atoms with E-state index >= 15 is 0 Å². The summed E-state index contributed by atoms with van der Waals surface area (Å²) in [5.41, 5.74) is -0.166. The molecule has 2 rings (SSSR count). The lowest BCUT2D eigenvalue weighted by Gasteiger charge is -2.31. The van der Waals surface area contributed by atoms with Crippen molar-refractivity contribution in [2.75, 3.05) is 24.6 Å². The molecule has 0 spiro atoms. The Kier molecular flexibility index (Phi) is 3.96. The summed E-state index contributed by atoms with van der Waals surface area (Å²) in [4.78, 5) is 26.9. The second-order valence-corrected chi connectivity index (χ2v) is 4.81. The maximum absolute atomic E-state index is 11.0. The molecule has 1 aliphatic heterocycles. The van der Waals surface area contributed by atoms with Crippen molar-refractivity contribution in [1.29, 1.82) is 0 Å². The Labute approximate surface area is 116 Å². The Hall–Kier alpha value is -1.74. The molecule has 1 N–H and O–H groups in total. The molecule has 1 fully saturated rings. The van der Waals surface area contributed by atoms with Crippen LogP contribution in [0.25, 0.3) is 0 Å². The van der Waals surface area contributed by atoms with Crippen molar-refractivity contribution >= 4 is 33.4 Å². The normalized spacial score (nSPS) is 19.2. The summed E-state index contributed by atoms with van der Waals surface area (Å²) in [6, 6.07) is 1.34. The molecule has 2 heterocycles. The van der Waals surface area contributed by atoms with Gasteiger partial charge < -0.3 is 14.7 Å². The number of rotatable bonds is 3. The summed E-state index contributed by atoms with van der Waals surface area (Å²) in [6.45, 7) is 0.579. The molecular formula is C10H10BrN3O5. The van der Waals surface area contributed by atoms with Gasteiger partial charge in [-0.1, -0.05) is 0 Å². The van der Waals surface area contributed by atoms with E-state index < -0.39 is 17.0 Å². The number of nitro groups is 1. The third kappa shape index (κ3) is 2.99. The summed E-state index contributed by atoms with van der Waals surface area (Å²) < 4.78 is 5.56. The third-order valence-electron chi connectivity index (χ3n) is 2.65. The lowest BCUT2D eigenvalue weighted by Crippen LogP contribution is -2.46. The summed E-state index contributed by atoms with van der Waals surface area (Å²) in [5, 5.41) is 19.9. The van der Waals surface area contributed by atoms with Crippen LogP contribution in [-0.2, 0) is 9.53 Å². The number of morpholine rings is 1. The lowest BCUT2D eigenvalue weighted by molar-refractivity contribution is -0.384. The number of hydrogen-bond acceptors (Lipinski definition) is 6. The fourth-order valence-corrected chi connectivity index (χ4v) is 2.11. The first-order chi connectivity index (χ1) is 8.99. The van der Waals surface area contributed by atoms with Gasteiger partial charge in [0.25, 0.3) is 0 Å². The quantitative estimate of drug-likeness (QED) is 0.651. The van der Waals surface area contributed by atoms with Crippen LogP contribution in [0.15, 0.2) is 16.7 Å². The highest BCUT2D eigenvalue weighted by molar-refractivity contribution is 9.10. The van der Waals surface area contributed by atoms with Gasteiger partial charge in [0.2, 0.25) is 5.82 Å². The molecule has 0 radical (unpaired) electrons. The number of aliphatic carboxylic acids is 1. The molecule has 19 heavy (non-hydrogen) atoms. The molecule has 8 nitrogen and oxygen atoms in total. The highest BCUT2D eigenvalue weighted by atomic mass is 79.9. The largest absolute Gasteiger partial charge is 0.479 e. The Balaban J connectivity index is 2.30. The number of carbonyl (C=O) groups is 1. The predicted molar refractivity (Wildman–Crippen MR) is 68.2 cm³/mol. The van der Waals surface area contributed by atoms with Gasteiger partial charge >= 0.3 is 11.7 Å². The molecule has 0 saturated carbocycles. The van der Waals surface area contributed by atoms with E-state index in [-0.39, 0.29) is 24.7 Å². The number of hydrogen-bond donors (Lipinski definition) is 1. The van der Waals surface area contributed by atoms with Crippen LogP contribution in [0.3, 0.4) is 0 Å². The van der Waals surface area contributed by atoms with Gasteiger partial charge in [0, 0.05) is 23.3 Å². The Morgan fingerprint density at radius 3 is 3.05 bits per heavy atom. The van der Waals surface area contributed by atoms with Crippen LogP contribution in [0.1, 0.15) is 0 Å². The van der Waals surface area contributed by atoms with E-state index in [0.717, 1.165) is 0 Å². The van der Waals surface area contributed by atoms with Crippen LogP contribution in [0.5, 0.6) is 0 Å². The second-order valence-electron chi connectivity index (χ2n) is 3.90. The highest BCUT2D eigenvalue weighted by Gasteiger charge is 2.30. The molecule has 1 unspecified atom stereocenters.